The number of fused-ring (bicyclic) bond motifs is 2. The van der Waals surface area contributed by atoms with Gasteiger partial charge in [-0.1, -0.05) is 30.3 Å². The number of rotatable bonds is 5. The Bertz CT molecular complexity index is 1170. The molecule has 5 nitrogen and oxygen atoms in total. The number of ether oxygens (including phenoxy) is 1. The number of aromatic nitrogens is 2. The third kappa shape index (κ3) is 3.66. The molecule has 136 valence electrons. The fourth-order valence-electron chi connectivity index (χ4n) is 2.99. The molecule has 1 N–H and O–H groups in total. The SMILES string of the molecule is O=c1c2ccc(F)cc2ncn1C[C@H](O)COc1ccc2ccccc2c1. The van der Waals surface area contributed by atoms with E-state index < -0.39 is 11.9 Å². The summed E-state index contributed by atoms with van der Waals surface area (Å²) in [7, 11) is 0. The zero-order chi connectivity index (χ0) is 18.8. The predicted molar refractivity (Wildman–Crippen MR) is 101 cm³/mol. The molecule has 4 aromatic rings. The van der Waals surface area contributed by atoms with Crippen LogP contribution in [0.5, 0.6) is 5.75 Å². The molecular formula is C21H17FN2O3. The molecule has 0 saturated carbocycles. The second kappa shape index (κ2) is 7.17. The van der Waals surface area contributed by atoms with Gasteiger partial charge in [-0.05, 0) is 35.0 Å². The zero-order valence-electron chi connectivity index (χ0n) is 14.4. The van der Waals surface area contributed by atoms with Crippen LogP contribution in [0.4, 0.5) is 4.39 Å². The molecule has 4 rings (SSSR count). The fourth-order valence-corrected chi connectivity index (χ4v) is 2.99. The number of hydrogen-bond acceptors (Lipinski definition) is 4. The summed E-state index contributed by atoms with van der Waals surface area (Å²) in [5, 5.41) is 12.7. The van der Waals surface area contributed by atoms with Gasteiger partial charge in [0.1, 0.15) is 24.3 Å². The maximum Gasteiger partial charge on any atom is 0.261 e. The molecule has 0 amide bonds. The van der Waals surface area contributed by atoms with E-state index in [1.54, 1.807) is 0 Å². The van der Waals surface area contributed by atoms with E-state index in [-0.39, 0.29) is 24.2 Å². The zero-order valence-corrected chi connectivity index (χ0v) is 14.4. The average Bonchev–Trinajstić information content (AvgIpc) is 2.68. The second-order valence-electron chi connectivity index (χ2n) is 6.34. The Hall–Kier alpha value is -3.25. The van der Waals surface area contributed by atoms with Gasteiger partial charge in [-0.2, -0.15) is 0 Å². The van der Waals surface area contributed by atoms with Gasteiger partial charge < -0.3 is 9.84 Å². The van der Waals surface area contributed by atoms with Crippen LogP contribution in [0, 0.1) is 5.82 Å². The molecule has 6 heteroatoms. The van der Waals surface area contributed by atoms with Crippen LogP contribution in [0.25, 0.3) is 21.7 Å². The summed E-state index contributed by atoms with van der Waals surface area (Å²) in [6.07, 6.45) is 0.414. The van der Waals surface area contributed by atoms with Crippen LogP contribution >= 0.6 is 0 Å². The highest BCUT2D eigenvalue weighted by molar-refractivity contribution is 5.83. The number of hydrogen-bond donors (Lipinski definition) is 1. The normalized spacial score (nSPS) is 12.4. The molecule has 0 fully saturated rings. The van der Waals surface area contributed by atoms with Gasteiger partial charge in [-0.3, -0.25) is 9.36 Å². The van der Waals surface area contributed by atoms with Crippen molar-refractivity contribution in [2.75, 3.05) is 6.61 Å². The third-order valence-electron chi connectivity index (χ3n) is 4.36. The first-order chi connectivity index (χ1) is 13.1. The van der Waals surface area contributed by atoms with E-state index in [9.17, 15) is 14.3 Å². The summed E-state index contributed by atoms with van der Waals surface area (Å²) < 4.78 is 20.2. The van der Waals surface area contributed by atoms with E-state index in [1.165, 1.54) is 29.1 Å². The first-order valence-electron chi connectivity index (χ1n) is 8.54. The van der Waals surface area contributed by atoms with Gasteiger partial charge in [0.15, 0.2) is 0 Å². The van der Waals surface area contributed by atoms with Gasteiger partial charge in [-0.25, -0.2) is 9.37 Å². The van der Waals surface area contributed by atoms with Crippen LogP contribution in [0.2, 0.25) is 0 Å². The monoisotopic (exact) mass is 364 g/mol. The first kappa shape index (κ1) is 17.2. The maximum atomic E-state index is 13.2. The van der Waals surface area contributed by atoms with Crippen molar-refractivity contribution < 1.29 is 14.2 Å². The summed E-state index contributed by atoms with van der Waals surface area (Å²) in [4.78, 5) is 16.5. The van der Waals surface area contributed by atoms with Crippen LogP contribution in [0.3, 0.4) is 0 Å². The Balaban J connectivity index is 1.46. The quantitative estimate of drug-likeness (QED) is 0.591. The standard InChI is InChI=1S/C21H17FN2O3/c22-16-6-8-19-20(10-16)23-13-24(21(19)26)11-17(25)12-27-18-7-5-14-3-1-2-4-15(14)9-18/h1-10,13,17,25H,11-12H2/t17-/m0/s1. The van der Waals surface area contributed by atoms with E-state index in [2.05, 4.69) is 4.98 Å². The Labute approximate surface area is 154 Å². The van der Waals surface area contributed by atoms with E-state index >= 15 is 0 Å². The molecule has 1 atom stereocenters. The summed E-state index contributed by atoms with van der Waals surface area (Å²) in [5.41, 5.74) is -0.0390. The summed E-state index contributed by atoms with van der Waals surface area (Å²) in [6, 6.07) is 17.4. The minimum atomic E-state index is -0.895. The van der Waals surface area contributed by atoms with Crippen molar-refractivity contribution in [3.05, 3.63) is 83.2 Å². The molecule has 0 bridgehead atoms. The lowest BCUT2D eigenvalue weighted by Crippen LogP contribution is -2.30. The minimum Gasteiger partial charge on any atom is -0.491 e. The van der Waals surface area contributed by atoms with Crippen LogP contribution in [-0.4, -0.2) is 27.4 Å². The minimum absolute atomic E-state index is 0.0340. The Morgan fingerprint density at radius 2 is 1.89 bits per heavy atom. The van der Waals surface area contributed by atoms with Gasteiger partial charge in [0.05, 0.1) is 23.8 Å². The van der Waals surface area contributed by atoms with Gasteiger partial charge in [0, 0.05) is 6.07 Å². The number of aliphatic hydroxyl groups excluding tert-OH is 1. The number of halogens is 1. The summed E-state index contributed by atoms with van der Waals surface area (Å²) in [5.74, 6) is 0.197. The molecule has 0 aliphatic carbocycles. The molecule has 27 heavy (non-hydrogen) atoms. The average molecular weight is 364 g/mol. The smallest absolute Gasteiger partial charge is 0.261 e. The Kier molecular flexibility index (Phi) is 4.56. The molecule has 0 aliphatic heterocycles. The molecule has 1 aromatic heterocycles. The molecule has 0 unspecified atom stereocenters. The van der Waals surface area contributed by atoms with Crippen LogP contribution in [0.15, 0.2) is 71.8 Å². The van der Waals surface area contributed by atoms with Crippen molar-refractivity contribution in [1.29, 1.82) is 0 Å². The topological polar surface area (TPSA) is 64.4 Å². The van der Waals surface area contributed by atoms with Crippen LogP contribution in [-0.2, 0) is 6.54 Å². The number of aliphatic hydroxyl groups is 1. The van der Waals surface area contributed by atoms with Crippen molar-refractivity contribution in [2.45, 2.75) is 12.6 Å². The molecule has 0 spiro atoms. The van der Waals surface area contributed by atoms with E-state index in [0.717, 1.165) is 10.8 Å². The van der Waals surface area contributed by atoms with Gasteiger partial charge in [-0.15, -0.1) is 0 Å². The molecule has 0 aliphatic rings. The Morgan fingerprint density at radius 1 is 1.07 bits per heavy atom. The van der Waals surface area contributed by atoms with Crippen molar-refractivity contribution >= 4 is 21.7 Å². The van der Waals surface area contributed by atoms with E-state index in [0.29, 0.717) is 11.1 Å². The molecular weight excluding hydrogens is 347 g/mol. The van der Waals surface area contributed by atoms with Crippen LogP contribution < -0.4 is 10.3 Å². The van der Waals surface area contributed by atoms with Crippen molar-refractivity contribution in [3.8, 4) is 5.75 Å². The number of nitrogens with zero attached hydrogens (tertiary/aromatic N) is 2. The van der Waals surface area contributed by atoms with Gasteiger partial charge in [0.25, 0.3) is 5.56 Å². The number of benzene rings is 3. The van der Waals surface area contributed by atoms with Crippen molar-refractivity contribution in [2.24, 2.45) is 0 Å². The highest BCUT2D eigenvalue weighted by atomic mass is 19.1. The molecule has 1 heterocycles. The van der Waals surface area contributed by atoms with Gasteiger partial charge in [0.2, 0.25) is 0 Å². The molecule has 0 radical (unpaired) electrons. The lowest BCUT2D eigenvalue weighted by molar-refractivity contribution is 0.0915. The van der Waals surface area contributed by atoms with Crippen molar-refractivity contribution in [1.82, 2.24) is 9.55 Å². The molecule has 3 aromatic carbocycles. The predicted octanol–water partition coefficient (Wildman–Crippen LogP) is 3.13. The largest absolute Gasteiger partial charge is 0.491 e. The fraction of sp³-hybridized carbons (Fsp3) is 0.143. The maximum absolute atomic E-state index is 13.2. The van der Waals surface area contributed by atoms with Crippen molar-refractivity contribution in [3.63, 3.8) is 0 Å². The Morgan fingerprint density at radius 3 is 2.74 bits per heavy atom. The summed E-state index contributed by atoms with van der Waals surface area (Å²) in [6.45, 7) is 0.0684. The van der Waals surface area contributed by atoms with E-state index in [4.69, 9.17) is 4.74 Å². The highest BCUT2D eigenvalue weighted by Crippen LogP contribution is 2.20. The molecule has 0 saturated heterocycles. The lowest BCUT2D eigenvalue weighted by Gasteiger charge is -2.14. The van der Waals surface area contributed by atoms with Crippen LogP contribution in [0.1, 0.15) is 0 Å². The first-order valence-corrected chi connectivity index (χ1v) is 8.54. The second-order valence-corrected chi connectivity index (χ2v) is 6.34. The third-order valence-corrected chi connectivity index (χ3v) is 4.36. The van der Waals surface area contributed by atoms with Gasteiger partial charge >= 0.3 is 0 Å². The highest BCUT2D eigenvalue weighted by Gasteiger charge is 2.11. The lowest BCUT2D eigenvalue weighted by atomic mass is 10.1. The van der Waals surface area contributed by atoms with E-state index in [1.807, 2.05) is 42.5 Å². The summed E-state index contributed by atoms with van der Waals surface area (Å²) >= 11 is 0.